The average Bonchev–Trinajstić information content (AvgIpc) is 3.28. The lowest BCUT2D eigenvalue weighted by molar-refractivity contribution is -0.119. The number of aryl methyl sites for hydroxylation is 1. The van der Waals surface area contributed by atoms with Crippen LogP contribution in [0.3, 0.4) is 0 Å². The summed E-state index contributed by atoms with van der Waals surface area (Å²) < 4.78 is 7.79. The molecule has 0 N–H and O–H groups in total. The van der Waals surface area contributed by atoms with Crippen LogP contribution < -0.4 is 16.1 Å². The molecule has 0 atom stereocenters. The Labute approximate surface area is 178 Å². The van der Waals surface area contributed by atoms with E-state index >= 15 is 0 Å². The van der Waals surface area contributed by atoms with E-state index in [9.17, 15) is 14.4 Å². The number of aromatic nitrogens is 2. The maximum atomic E-state index is 13.3. The smallest absolute Gasteiger partial charge is 0.332 e. The number of likely N-dealkylation sites (N-methyl/N-ethyl adjacent to an activating group) is 1. The molecule has 0 aliphatic carbocycles. The fourth-order valence-electron chi connectivity index (χ4n) is 3.74. The number of benzene rings is 2. The van der Waals surface area contributed by atoms with Gasteiger partial charge in [-0.05, 0) is 55.8 Å². The molecule has 4 rings (SSSR count). The Balaban J connectivity index is 1.80. The molecule has 0 bridgehead atoms. The third kappa shape index (κ3) is 3.94. The summed E-state index contributed by atoms with van der Waals surface area (Å²) in [5.74, 6) is 0.255. The lowest BCUT2D eigenvalue weighted by atomic mass is 10.2. The molecule has 0 unspecified atom stereocenters. The van der Waals surface area contributed by atoms with Crippen LogP contribution in [0.4, 0.5) is 5.69 Å². The van der Waals surface area contributed by atoms with E-state index in [-0.39, 0.29) is 19.0 Å². The minimum Gasteiger partial charge on any atom is -0.467 e. The second-order valence-electron chi connectivity index (χ2n) is 7.33. The lowest BCUT2D eigenvalue weighted by Crippen LogP contribution is -2.43. The van der Waals surface area contributed by atoms with Crippen LogP contribution in [0.1, 0.15) is 18.2 Å². The highest BCUT2D eigenvalue weighted by molar-refractivity contribution is 5.94. The van der Waals surface area contributed by atoms with Gasteiger partial charge in [0.25, 0.3) is 5.56 Å². The van der Waals surface area contributed by atoms with Gasteiger partial charge in [0.05, 0.1) is 23.7 Å². The first-order valence-corrected chi connectivity index (χ1v) is 10.1. The van der Waals surface area contributed by atoms with Gasteiger partial charge in [-0.1, -0.05) is 24.3 Å². The first kappa shape index (κ1) is 20.4. The van der Waals surface area contributed by atoms with Crippen molar-refractivity contribution in [1.82, 2.24) is 9.13 Å². The topological polar surface area (TPSA) is 77.5 Å². The SMILES string of the molecule is CCN(C(=O)Cn1c(=O)n(Cc2ccco2)c(=O)c2ccccc21)c1cccc(C)c1. The Hall–Kier alpha value is -3.87. The van der Waals surface area contributed by atoms with Crippen molar-refractivity contribution in [2.75, 3.05) is 11.4 Å². The Kier molecular flexibility index (Phi) is 5.58. The van der Waals surface area contributed by atoms with E-state index < -0.39 is 11.2 Å². The van der Waals surface area contributed by atoms with Gasteiger partial charge in [-0.15, -0.1) is 0 Å². The molecule has 2 aromatic carbocycles. The molecule has 2 aromatic heterocycles. The van der Waals surface area contributed by atoms with Gasteiger partial charge in [0.1, 0.15) is 12.3 Å². The van der Waals surface area contributed by atoms with E-state index in [1.54, 1.807) is 41.3 Å². The zero-order chi connectivity index (χ0) is 22.0. The largest absolute Gasteiger partial charge is 0.467 e. The number of hydrogen-bond acceptors (Lipinski definition) is 4. The number of para-hydroxylation sites is 1. The number of hydrogen-bond donors (Lipinski definition) is 0. The molecular weight excluding hydrogens is 394 g/mol. The van der Waals surface area contributed by atoms with Gasteiger partial charge in [0.2, 0.25) is 5.91 Å². The summed E-state index contributed by atoms with van der Waals surface area (Å²) in [4.78, 5) is 41.1. The Morgan fingerprint density at radius 3 is 2.52 bits per heavy atom. The first-order chi connectivity index (χ1) is 15.0. The highest BCUT2D eigenvalue weighted by Crippen LogP contribution is 2.17. The minimum atomic E-state index is -0.547. The number of anilines is 1. The van der Waals surface area contributed by atoms with E-state index in [0.29, 0.717) is 23.2 Å². The van der Waals surface area contributed by atoms with Gasteiger partial charge in [-0.2, -0.15) is 0 Å². The Bertz CT molecular complexity index is 1350. The average molecular weight is 417 g/mol. The highest BCUT2D eigenvalue weighted by atomic mass is 16.3. The summed E-state index contributed by atoms with van der Waals surface area (Å²) in [6.45, 7) is 4.13. The zero-order valence-electron chi connectivity index (χ0n) is 17.4. The number of furan rings is 1. The summed E-state index contributed by atoms with van der Waals surface area (Å²) in [5.41, 5.74) is 1.29. The summed E-state index contributed by atoms with van der Waals surface area (Å²) in [5, 5.41) is 0.375. The van der Waals surface area contributed by atoms with Crippen molar-refractivity contribution in [3.63, 3.8) is 0 Å². The minimum absolute atomic E-state index is 0.000929. The molecule has 1 amide bonds. The van der Waals surface area contributed by atoms with Crippen LogP contribution in [0.15, 0.2) is 80.9 Å². The molecule has 0 aliphatic heterocycles. The van der Waals surface area contributed by atoms with Crippen LogP contribution in [0.5, 0.6) is 0 Å². The van der Waals surface area contributed by atoms with E-state index in [4.69, 9.17) is 4.42 Å². The summed E-state index contributed by atoms with van der Waals surface area (Å²) in [6, 6.07) is 17.9. The third-order valence-electron chi connectivity index (χ3n) is 5.25. The number of carbonyl (C=O) groups is 1. The predicted octanol–water partition coefficient (Wildman–Crippen LogP) is 3.17. The molecule has 0 saturated carbocycles. The zero-order valence-corrected chi connectivity index (χ0v) is 17.4. The van der Waals surface area contributed by atoms with Gasteiger partial charge >= 0.3 is 5.69 Å². The maximum absolute atomic E-state index is 13.3. The summed E-state index contributed by atoms with van der Waals surface area (Å²) in [6.07, 6.45) is 1.49. The molecular formula is C24H23N3O4. The van der Waals surface area contributed by atoms with Crippen molar-refractivity contribution >= 4 is 22.5 Å². The molecule has 0 fully saturated rings. The number of amides is 1. The fraction of sp³-hybridized carbons (Fsp3) is 0.208. The van der Waals surface area contributed by atoms with E-state index in [1.165, 1.54) is 10.8 Å². The molecule has 31 heavy (non-hydrogen) atoms. The Morgan fingerprint density at radius 2 is 1.81 bits per heavy atom. The van der Waals surface area contributed by atoms with Crippen molar-refractivity contribution < 1.29 is 9.21 Å². The van der Waals surface area contributed by atoms with Gasteiger partial charge in [-0.3, -0.25) is 18.7 Å². The van der Waals surface area contributed by atoms with Crippen molar-refractivity contribution in [3.8, 4) is 0 Å². The van der Waals surface area contributed by atoms with Crippen molar-refractivity contribution in [1.29, 1.82) is 0 Å². The lowest BCUT2D eigenvalue weighted by Gasteiger charge is -2.23. The molecule has 0 spiro atoms. The van der Waals surface area contributed by atoms with Crippen LogP contribution >= 0.6 is 0 Å². The number of rotatable bonds is 6. The van der Waals surface area contributed by atoms with Gasteiger partial charge < -0.3 is 9.32 Å². The van der Waals surface area contributed by atoms with E-state index in [0.717, 1.165) is 15.8 Å². The quantitative estimate of drug-likeness (QED) is 0.483. The summed E-state index contributed by atoms with van der Waals surface area (Å²) in [7, 11) is 0. The number of nitrogens with zero attached hydrogens (tertiary/aromatic N) is 3. The van der Waals surface area contributed by atoms with E-state index in [1.807, 2.05) is 38.1 Å². The van der Waals surface area contributed by atoms with Crippen LogP contribution in [-0.4, -0.2) is 21.6 Å². The second-order valence-corrected chi connectivity index (χ2v) is 7.33. The van der Waals surface area contributed by atoms with Crippen LogP contribution in [-0.2, 0) is 17.9 Å². The second kappa shape index (κ2) is 8.47. The molecule has 0 radical (unpaired) electrons. The normalized spacial score (nSPS) is 11.0. The number of carbonyl (C=O) groups excluding carboxylic acids is 1. The van der Waals surface area contributed by atoms with Crippen molar-refractivity contribution in [3.05, 3.63) is 99.1 Å². The van der Waals surface area contributed by atoms with Crippen LogP contribution in [0.2, 0.25) is 0 Å². The molecule has 4 aromatic rings. The first-order valence-electron chi connectivity index (χ1n) is 10.1. The maximum Gasteiger partial charge on any atom is 0.332 e. The highest BCUT2D eigenvalue weighted by Gasteiger charge is 2.20. The predicted molar refractivity (Wildman–Crippen MR) is 119 cm³/mol. The summed E-state index contributed by atoms with van der Waals surface area (Å²) >= 11 is 0. The molecule has 7 heteroatoms. The fourth-order valence-corrected chi connectivity index (χ4v) is 3.74. The van der Waals surface area contributed by atoms with E-state index in [2.05, 4.69) is 0 Å². The molecule has 2 heterocycles. The van der Waals surface area contributed by atoms with Crippen molar-refractivity contribution in [2.24, 2.45) is 0 Å². The standard InChI is InChI=1S/C24H23N3O4/c1-3-25(18-9-6-8-17(2)14-18)22(28)16-26-21-12-5-4-11-20(21)23(29)27(24(26)30)15-19-10-7-13-31-19/h4-14H,3,15-16H2,1-2H3. The Morgan fingerprint density at radius 1 is 1.00 bits per heavy atom. The molecule has 0 saturated heterocycles. The van der Waals surface area contributed by atoms with Gasteiger partial charge in [0, 0.05) is 12.2 Å². The van der Waals surface area contributed by atoms with Gasteiger partial charge in [-0.25, -0.2) is 4.79 Å². The molecule has 7 nitrogen and oxygen atoms in total. The van der Waals surface area contributed by atoms with Crippen LogP contribution in [0, 0.1) is 6.92 Å². The third-order valence-corrected chi connectivity index (χ3v) is 5.25. The van der Waals surface area contributed by atoms with Gasteiger partial charge in [0.15, 0.2) is 0 Å². The monoisotopic (exact) mass is 417 g/mol. The molecule has 158 valence electrons. The number of fused-ring (bicyclic) bond motifs is 1. The molecule has 0 aliphatic rings. The van der Waals surface area contributed by atoms with Crippen molar-refractivity contribution in [2.45, 2.75) is 26.9 Å². The van der Waals surface area contributed by atoms with Crippen LogP contribution in [0.25, 0.3) is 10.9 Å².